The van der Waals surface area contributed by atoms with Crippen LogP contribution in [0.2, 0.25) is 15.1 Å². The van der Waals surface area contributed by atoms with Gasteiger partial charge < -0.3 is 14.7 Å². The third kappa shape index (κ3) is 3.58. The molecule has 1 N–H and O–H groups in total. The normalized spacial score (nSPS) is 18.6. The maximum absolute atomic E-state index is 12.5. The zero-order valence-corrected chi connectivity index (χ0v) is 13.0. The maximum Gasteiger partial charge on any atom is 0.305 e. The number of hydrogen-bond donors (Lipinski definition) is 1. The molecule has 1 saturated heterocycles. The first kappa shape index (κ1) is 16.3. The lowest BCUT2D eigenvalue weighted by molar-refractivity contribution is -0.139. The molecule has 9 heteroatoms. The average molecular weight is 354 g/mol. The number of halogens is 3. The van der Waals surface area contributed by atoms with Crippen molar-refractivity contribution in [1.29, 1.82) is 0 Å². The van der Waals surface area contributed by atoms with E-state index in [4.69, 9.17) is 44.6 Å². The van der Waals surface area contributed by atoms with Gasteiger partial charge in [0.25, 0.3) is 5.91 Å². The van der Waals surface area contributed by atoms with Crippen molar-refractivity contribution in [3.8, 4) is 0 Å². The molecule has 2 rings (SSSR count). The number of rotatable bonds is 3. The summed E-state index contributed by atoms with van der Waals surface area (Å²) in [6.45, 7) is 0.729. The van der Waals surface area contributed by atoms with Gasteiger partial charge in [0.1, 0.15) is 5.69 Å². The number of carboxylic acid groups (broad SMARTS) is 1. The van der Waals surface area contributed by atoms with Gasteiger partial charge in [0.15, 0.2) is 0 Å². The van der Waals surface area contributed by atoms with E-state index in [2.05, 4.69) is 4.98 Å². The average Bonchev–Trinajstić information content (AvgIpc) is 2.44. The fraction of sp³-hybridized carbons (Fsp3) is 0.417. The van der Waals surface area contributed by atoms with Crippen LogP contribution in [0, 0.1) is 0 Å². The Bertz CT molecular complexity index is 582. The number of carbonyl (C=O) groups excluding carboxylic acids is 1. The number of morpholine rings is 1. The fourth-order valence-electron chi connectivity index (χ4n) is 2.02. The van der Waals surface area contributed by atoms with Gasteiger partial charge in [0, 0.05) is 12.7 Å². The number of carboxylic acids is 1. The molecule has 1 unspecified atom stereocenters. The number of amides is 1. The first-order chi connectivity index (χ1) is 9.91. The van der Waals surface area contributed by atoms with Crippen LogP contribution in [0.4, 0.5) is 0 Å². The molecule has 2 heterocycles. The molecule has 1 fully saturated rings. The van der Waals surface area contributed by atoms with Crippen LogP contribution in [0.1, 0.15) is 16.9 Å². The maximum atomic E-state index is 12.5. The molecule has 0 saturated carbocycles. The van der Waals surface area contributed by atoms with E-state index in [9.17, 15) is 9.59 Å². The van der Waals surface area contributed by atoms with Gasteiger partial charge in [-0.2, -0.15) is 0 Å². The summed E-state index contributed by atoms with van der Waals surface area (Å²) in [4.78, 5) is 28.7. The molecule has 1 aliphatic heterocycles. The van der Waals surface area contributed by atoms with Crippen LogP contribution < -0.4 is 0 Å². The zero-order chi connectivity index (χ0) is 15.6. The zero-order valence-electron chi connectivity index (χ0n) is 10.7. The van der Waals surface area contributed by atoms with Crippen LogP contribution in [-0.4, -0.2) is 52.7 Å². The van der Waals surface area contributed by atoms with E-state index in [1.807, 2.05) is 0 Å². The number of nitrogens with zero attached hydrogens (tertiary/aromatic N) is 2. The Kier molecular flexibility index (Phi) is 5.27. The molecule has 21 heavy (non-hydrogen) atoms. The van der Waals surface area contributed by atoms with Crippen LogP contribution in [0.15, 0.2) is 6.20 Å². The summed E-state index contributed by atoms with van der Waals surface area (Å²) in [5, 5.41) is 9.03. The number of pyridine rings is 1. The molecule has 114 valence electrons. The van der Waals surface area contributed by atoms with Gasteiger partial charge in [-0.15, -0.1) is 0 Å². The number of carbonyl (C=O) groups is 2. The van der Waals surface area contributed by atoms with E-state index in [1.165, 1.54) is 11.1 Å². The smallest absolute Gasteiger partial charge is 0.305 e. The Balaban J connectivity index is 2.29. The lowest BCUT2D eigenvalue weighted by Crippen LogP contribution is -2.49. The molecule has 1 amide bonds. The summed E-state index contributed by atoms with van der Waals surface area (Å²) in [5.74, 6) is -1.51. The molecular formula is C12H11Cl3N2O4. The number of aromatic nitrogens is 1. The molecule has 0 aromatic carbocycles. The molecule has 0 bridgehead atoms. The second-order valence-corrected chi connectivity index (χ2v) is 5.57. The fourth-order valence-corrected chi connectivity index (χ4v) is 2.58. The van der Waals surface area contributed by atoms with E-state index in [0.29, 0.717) is 6.61 Å². The molecule has 1 atom stereocenters. The highest BCUT2D eigenvalue weighted by Crippen LogP contribution is 2.32. The lowest BCUT2D eigenvalue weighted by atomic mass is 10.1. The standard InChI is InChI=1S/C12H11Cl3N2O4/c13-7-4-16-11(10(15)9(7)14)12(20)17-1-2-21-5-6(17)3-8(18)19/h4,6H,1-3,5H2,(H,18,19). The molecule has 0 spiro atoms. The van der Waals surface area contributed by atoms with Crippen LogP contribution in [0.3, 0.4) is 0 Å². The summed E-state index contributed by atoms with van der Waals surface area (Å²) in [6.07, 6.45) is 1.01. The minimum atomic E-state index is -1.02. The van der Waals surface area contributed by atoms with Crippen molar-refractivity contribution in [3.63, 3.8) is 0 Å². The minimum absolute atomic E-state index is 0.0414. The Morgan fingerprint density at radius 3 is 2.76 bits per heavy atom. The van der Waals surface area contributed by atoms with Crippen molar-refractivity contribution in [2.45, 2.75) is 12.5 Å². The van der Waals surface area contributed by atoms with Gasteiger partial charge in [-0.05, 0) is 0 Å². The highest BCUT2D eigenvalue weighted by molar-refractivity contribution is 6.48. The second kappa shape index (κ2) is 6.79. The highest BCUT2D eigenvalue weighted by Gasteiger charge is 2.32. The molecule has 1 aliphatic rings. The van der Waals surface area contributed by atoms with Crippen LogP contribution >= 0.6 is 34.8 Å². The summed E-state index contributed by atoms with van der Waals surface area (Å²) < 4.78 is 5.21. The Labute approximate surface area is 135 Å². The molecule has 0 radical (unpaired) electrons. The lowest BCUT2D eigenvalue weighted by Gasteiger charge is -2.34. The van der Waals surface area contributed by atoms with Crippen molar-refractivity contribution in [2.75, 3.05) is 19.8 Å². The van der Waals surface area contributed by atoms with E-state index in [-0.39, 0.29) is 40.3 Å². The summed E-state index contributed by atoms with van der Waals surface area (Å²) in [7, 11) is 0. The van der Waals surface area contributed by atoms with E-state index >= 15 is 0 Å². The van der Waals surface area contributed by atoms with Crippen LogP contribution in [0.25, 0.3) is 0 Å². The topological polar surface area (TPSA) is 79.7 Å². The molecule has 0 aliphatic carbocycles. The monoisotopic (exact) mass is 352 g/mol. The van der Waals surface area contributed by atoms with Crippen molar-refractivity contribution in [3.05, 3.63) is 27.0 Å². The second-order valence-electron chi connectivity index (χ2n) is 4.41. The molecular weight excluding hydrogens is 343 g/mol. The third-order valence-corrected chi connectivity index (χ3v) is 4.26. The Morgan fingerprint density at radius 1 is 1.38 bits per heavy atom. The van der Waals surface area contributed by atoms with Gasteiger partial charge in [-0.3, -0.25) is 9.59 Å². The predicted molar refractivity (Wildman–Crippen MR) is 77.2 cm³/mol. The quantitative estimate of drug-likeness (QED) is 0.902. The van der Waals surface area contributed by atoms with Crippen molar-refractivity contribution in [2.24, 2.45) is 0 Å². The highest BCUT2D eigenvalue weighted by atomic mass is 35.5. The summed E-state index contributed by atoms with van der Waals surface area (Å²) in [6, 6.07) is -0.573. The van der Waals surface area contributed by atoms with Crippen LogP contribution in [-0.2, 0) is 9.53 Å². The molecule has 6 nitrogen and oxygen atoms in total. The Hall–Kier alpha value is -1.08. The molecule has 1 aromatic rings. The van der Waals surface area contributed by atoms with Crippen LogP contribution in [0.5, 0.6) is 0 Å². The Morgan fingerprint density at radius 2 is 2.10 bits per heavy atom. The first-order valence-electron chi connectivity index (χ1n) is 6.01. The largest absolute Gasteiger partial charge is 0.481 e. The summed E-state index contributed by atoms with van der Waals surface area (Å²) in [5.41, 5.74) is -0.0524. The van der Waals surface area contributed by atoms with E-state index in [1.54, 1.807) is 0 Å². The predicted octanol–water partition coefficient (Wildman–Crippen LogP) is 2.36. The third-order valence-electron chi connectivity index (χ3n) is 3.02. The number of aliphatic carboxylic acids is 1. The van der Waals surface area contributed by atoms with Gasteiger partial charge in [0.05, 0.1) is 40.7 Å². The van der Waals surface area contributed by atoms with Gasteiger partial charge >= 0.3 is 5.97 Å². The number of hydrogen-bond acceptors (Lipinski definition) is 4. The van der Waals surface area contributed by atoms with E-state index in [0.717, 1.165) is 0 Å². The van der Waals surface area contributed by atoms with Crippen molar-refractivity contribution in [1.82, 2.24) is 9.88 Å². The van der Waals surface area contributed by atoms with Gasteiger partial charge in [0.2, 0.25) is 0 Å². The van der Waals surface area contributed by atoms with Crippen molar-refractivity contribution < 1.29 is 19.4 Å². The SMILES string of the molecule is O=C(O)CC1COCCN1C(=O)c1ncc(Cl)c(Cl)c1Cl. The first-order valence-corrected chi connectivity index (χ1v) is 7.15. The summed E-state index contributed by atoms with van der Waals surface area (Å²) >= 11 is 17.7. The van der Waals surface area contributed by atoms with E-state index < -0.39 is 17.9 Å². The number of ether oxygens (including phenoxy) is 1. The minimum Gasteiger partial charge on any atom is -0.481 e. The van der Waals surface area contributed by atoms with Gasteiger partial charge in [-0.25, -0.2) is 4.98 Å². The van der Waals surface area contributed by atoms with Gasteiger partial charge in [-0.1, -0.05) is 34.8 Å². The van der Waals surface area contributed by atoms with Crippen molar-refractivity contribution >= 4 is 46.7 Å². The molecule has 1 aromatic heterocycles.